The Bertz CT molecular complexity index is 696. The Labute approximate surface area is 129 Å². The second-order valence-electron chi connectivity index (χ2n) is 4.98. The minimum atomic E-state index is 0.577. The van der Waals surface area contributed by atoms with Crippen LogP contribution in [0.3, 0.4) is 0 Å². The predicted molar refractivity (Wildman–Crippen MR) is 89.1 cm³/mol. The molecule has 3 rings (SSSR count). The molecule has 0 saturated carbocycles. The first-order chi connectivity index (χ1) is 10.2. The van der Waals surface area contributed by atoms with Crippen LogP contribution in [0.1, 0.15) is 5.56 Å². The number of benzene rings is 2. The van der Waals surface area contributed by atoms with E-state index in [1.807, 2.05) is 43.4 Å². The molecule has 0 spiro atoms. The minimum Gasteiger partial charge on any atom is -0.358 e. The molecule has 108 valence electrons. The van der Waals surface area contributed by atoms with E-state index in [4.69, 9.17) is 22.3 Å². The Morgan fingerprint density at radius 1 is 1.19 bits per heavy atom. The molecule has 1 aliphatic heterocycles. The quantitative estimate of drug-likeness (QED) is 0.894. The van der Waals surface area contributed by atoms with Gasteiger partial charge >= 0.3 is 0 Å². The Kier molecular flexibility index (Phi) is 3.82. The maximum Gasteiger partial charge on any atom is 0.138 e. The van der Waals surface area contributed by atoms with Gasteiger partial charge in [0.2, 0.25) is 0 Å². The number of aliphatic imine (C=N–C) groups is 1. The van der Waals surface area contributed by atoms with E-state index in [9.17, 15) is 0 Å². The number of nitrogens with two attached hydrogens (primary N) is 1. The minimum absolute atomic E-state index is 0.577. The summed E-state index contributed by atoms with van der Waals surface area (Å²) in [5.41, 5.74) is 9.54. The van der Waals surface area contributed by atoms with Gasteiger partial charge in [0, 0.05) is 36.4 Å². The fraction of sp³-hybridized carbons (Fsp3) is 0.188. The third-order valence-corrected chi connectivity index (χ3v) is 3.68. The number of para-hydroxylation sites is 1. The summed E-state index contributed by atoms with van der Waals surface area (Å²) in [5, 5.41) is 4.10. The lowest BCUT2D eigenvalue weighted by Crippen LogP contribution is -2.32. The molecular formula is C16H17ClN4. The van der Waals surface area contributed by atoms with Gasteiger partial charge < -0.3 is 16.0 Å². The third-order valence-electron chi connectivity index (χ3n) is 3.45. The molecule has 2 aromatic rings. The number of anilines is 2. The van der Waals surface area contributed by atoms with Crippen molar-refractivity contribution in [2.24, 2.45) is 10.7 Å². The van der Waals surface area contributed by atoms with Crippen LogP contribution < -0.4 is 11.1 Å². The van der Waals surface area contributed by atoms with E-state index in [1.54, 1.807) is 0 Å². The van der Waals surface area contributed by atoms with Crippen LogP contribution in [0.5, 0.6) is 0 Å². The normalized spacial score (nSPS) is 12.6. The van der Waals surface area contributed by atoms with Crippen molar-refractivity contribution < 1.29 is 0 Å². The lowest BCUT2D eigenvalue weighted by molar-refractivity contribution is 0.517. The monoisotopic (exact) mass is 300 g/mol. The number of rotatable bonds is 2. The van der Waals surface area contributed by atoms with Crippen molar-refractivity contribution in [3.05, 3.63) is 53.1 Å². The van der Waals surface area contributed by atoms with Crippen LogP contribution in [0.2, 0.25) is 5.02 Å². The van der Waals surface area contributed by atoms with Crippen LogP contribution >= 0.6 is 11.6 Å². The number of hydrogen-bond acceptors (Lipinski definition) is 4. The highest BCUT2D eigenvalue weighted by atomic mass is 35.5. The van der Waals surface area contributed by atoms with Crippen LogP contribution in [0.4, 0.5) is 17.1 Å². The van der Waals surface area contributed by atoms with E-state index in [0.29, 0.717) is 11.6 Å². The topological polar surface area (TPSA) is 53.6 Å². The van der Waals surface area contributed by atoms with E-state index in [-0.39, 0.29) is 0 Å². The second-order valence-corrected chi connectivity index (χ2v) is 5.41. The highest BCUT2D eigenvalue weighted by Gasteiger charge is 2.18. The van der Waals surface area contributed by atoms with E-state index in [2.05, 4.69) is 16.3 Å². The highest BCUT2D eigenvalue weighted by molar-refractivity contribution is 6.31. The number of fused-ring (bicyclic) bond motifs is 2. The second kappa shape index (κ2) is 5.76. The predicted octanol–water partition coefficient (Wildman–Crippen LogP) is 3.37. The van der Waals surface area contributed by atoms with Gasteiger partial charge in [-0.3, -0.25) is 0 Å². The van der Waals surface area contributed by atoms with Gasteiger partial charge in [-0.25, -0.2) is 4.99 Å². The van der Waals surface area contributed by atoms with Gasteiger partial charge in [-0.1, -0.05) is 23.7 Å². The number of nitrogens with zero attached hydrogens (tertiary/aromatic N) is 2. The van der Waals surface area contributed by atoms with E-state index in [1.165, 1.54) is 0 Å². The Balaban J connectivity index is 2.18. The molecule has 1 heterocycles. The fourth-order valence-corrected chi connectivity index (χ4v) is 2.57. The van der Waals surface area contributed by atoms with E-state index in [0.717, 1.165) is 35.0 Å². The molecule has 0 radical (unpaired) electrons. The number of nitrogens with one attached hydrogen (secondary N) is 1. The summed E-state index contributed by atoms with van der Waals surface area (Å²) in [6.45, 7) is 1.32. The summed E-state index contributed by atoms with van der Waals surface area (Å²) >= 11 is 6.10. The molecule has 21 heavy (non-hydrogen) atoms. The van der Waals surface area contributed by atoms with Crippen molar-refractivity contribution in [3.8, 4) is 0 Å². The number of amidine groups is 1. The summed E-state index contributed by atoms with van der Waals surface area (Å²) in [7, 11) is 2.00. The first-order valence-electron chi connectivity index (χ1n) is 6.85. The molecule has 1 aliphatic rings. The van der Waals surface area contributed by atoms with Crippen molar-refractivity contribution in [1.82, 2.24) is 4.90 Å². The lowest BCUT2D eigenvalue weighted by Gasteiger charge is -2.21. The number of hydrogen-bond donors (Lipinski definition) is 2. The smallest absolute Gasteiger partial charge is 0.138 e. The maximum atomic E-state index is 6.10. The zero-order chi connectivity index (χ0) is 14.8. The summed E-state index contributed by atoms with van der Waals surface area (Å²) in [4.78, 5) is 6.87. The Hall–Kier alpha value is -2.04. The van der Waals surface area contributed by atoms with Gasteiger partial charge in [-0.15, -0.1) is 0 Å². The SMILES string of the molecule is CN(CCN)C1=Nc2cc(Cl)ccc2Nc2ccccc21. The standard InChI is InChI=1S/C16H17ClN4/c1-21(9-8-18)16-12-4-2-3-5-13(12)19-14-7-6-11(17)10-15(14)20-16/h2-7,10,19H,8-9,18H2,1H3. The summed E-state index contributed by atoms with van der Waals surface area (Å²) in [5.74, 6) is 0.893. The first kappa shape index (κ1) is 13.9. The van der Waals surface area contributed by atoms with Gasteiger partial charge in [-0.2, -0.15) is 0 Å². The lowest BCUT2D eigenvalue weighted by atomic mass is 10.1. The molecule has 5 heteroatoms. The third kappa shape index (κ3) is 2.73. The van der Waals surface area contributed by atoms with E-state index >= 15 is 0 Å². The van der Waals surface area contributed by atoms with Crippen molar-refractivity contribution in [1.29, 1.82) is 0 Å². The van der Waals surface area contributed by atoms with Gasteiger partial charge in [0.25, 0.3) is 0 Å². The number of halogens is 1. The molecule has 0 amide bonds. The van der Waals surface area contributed by atoms with Crippen LogP contribution in [0.25, 0.3) is 0 Å². The van der Waals surface area contributed by atoms with Crippen molar-refractivity contribution in [3.63, 3.8) is 0 Å². The molecule has 0 atom stereocenters. The van der Waals surface area contributed by atoms with Crippen LogP contribution in [-0.4, -0.2) is 30.9 Å². The Morgan fingerprint density at radius 2 is 2.00 bits per heavy atom. The molecular weight excluding hydrogens is 284 g/mol. The van der Waals surface area contributed by atoms with Crippen LogP contribution in [0, 0.1) is 0 Å². The van der Waals surface area contributed by atoms with Crippen LogP contribution in [0.15, 0.2) is 47.5 Å². The van der Waals surface area contributed by atoms with Gasteiger partial charge in [0.05, 0.1) is 11.4 Å². The molecule has 0 aromatic heterocycles. The average molecular weight is 301 g/mol. The van der Waals surface area contributed by atoms with Crippen molar-refractivity contribution in [2.45, 2.75) is 0 Å². The molecule has 3 N–H and O–H groups in total. The largest absolute Gasteiger partial charge is 0.358 e. The average Bonchev–Trinajstić information content (AvgIpc) is 2.64. The molecule has 0 fully saturated rings. The summed E-state index contributed by atoms with van der Waals surface area (Å²) in [6, 6.07) is 13.8. The van der Waals surface area contributed by atoms with Crippen molar-refractivity contribution >= 4 is 34.5 Å². The van der Waals surface area contributed by atoms with Gasteiger partial charge in [0.15, 0.2) is 0 Å². The molecule has 0 saturated heterocycles. The van der Waals surface area contributed by atoms with Gasteiger partial charge in [-0.05, 0) is 30.3 Å². The maximum absolute atomic E-state index is 6.10. The molecule has 2 aromatic carbocycles. The Morgan fingerprint density at radius 3 is 2.81 bits per heavy atom. The molecule has 0 unspecified atom stereocenters. The van der Waals surface area contributed by atoms with E-state index < -0.39 is 0 Å². The molecule has 0 aliphatic carbocycles. The zero-order valence-electron chi connectivity index (χ0n) is 11.8. The van der Waals surface area contributed by atoms with Crippen molar-refractivity contribution in [2.75, 3.05) is 25.5 Å². The molecule has 4 nitrogen and oxygen atoms in total. The summed E-state index contributed by atoms with van der Waals surface area (Å²) < 4.78 is 0. The zero-order valence-corrected chi connectivity index (χ0v) is 12.6. The fourth-order valence-electron chi connectivity index (χ4n) is 2.40. The number of likely N-dealkylation sites (N-methyl/N-ethyl adjacent to an activating group) is 1. The van der Waals surface area contributed by atoms with Crippen LogP contribution in [-0.2, 0) is 0 Å². The van der Waals surface area contributed by atoms with Gasteiger partial charge in [0.1, 0.15) is 5.84 Å². The molecule has 0 bridgehead atoms. The summed E-state index contributed by atoms with van der Waals surface area (Å²) in [6.07, 6.45) is 0. The first-order valence-corrected chi connectivity index (χ1v) is 7.22. The highest BCUT2D eigenvalue weighted by Crippen LogP contribution is 2.36.